The molecule has 0 amide bonds. The van der Waals surface area contributed by atoms with Crippen LogP contribution in [0.1, 0.15) is 19.4 Å². The molecule has 7 heteroatoms. The predicted octanol–water partition coefficient (Wildman–Crippen LogP) is 1.32. The van der Waals surface area contributed by atoms with Gasteiger partial charge in [0.05, 0.1) is 5.69 Å². The third-order valence-electron chi connectivity index (χ3n) is 2.44. The van der Waals surface area contributed by atoms with E-state index < -0.39 is 10.2 Å². The third kappa shape index (κ3) is 3.66. The molecule has 18 heavy (non-hydrogen) atoms. The largest absolute Gasteiger partial charge is 0.389 e. The molecule has 1 aromatic carbocycles. The van der Waals surface area contributed by atoms with E-state index in [1.54, 1.807) is 38.1 Å². The van der Waals surface area contributed by atoms with Crippen LogP contribution in [-0.4, -0.2) is 30.8 Å². The molecule has 0 atom stereocenters. The number of nitrogens with two attached hydrogens (primary N) is 1. The molecule has 0 saturated heterocycles. The van der Waals surface area contributed by atoms with Gasteiger partial charge in [0.2, 0.25) is 0 Å². The van der Waals surface area contributed by atoms with Gasteiger partial charge in [-0.15, -0.1) is 0 Å². The number of nitrogens with one attached hydrogen (secondary N) is 1. The van der Waals surface area contributed by atoms with E-state index in [4.69, 9.17) is 18.0 Å². The van der Waals surface area contributed by atoms with Crippen LogP contribution < -0.4 is 10.5 Å². The van der Waals surface area contributed by atoms with Crippen molar-refractivity contribution in [2.24, 2.45) is 5.73 Å². The average Bonchev–Trinajstić information content (AvgIpc) is 2.29. The van der Waals surface area contributed by atoms with Gasteiger partial charge < -0.3 is 5.73 Å². The Labute approximate surface area is 113 Å². The first-order valence-electron chi connectivity index (χ1n) is 5.58. The maximum atomic E-state index is 12.0. The molecule has 0 saturated carbocycles. The van der Waals surface area contributed by atoms with Crippen molar-refractivity contribution in [3.8, 4) is 0 Å². The van der Waals surface area contributed by atoms with Crippen molar-refractivity contribution < 1.29 is 8.42 Å². The lowest BCUT2D eigenvalue weighted by atomic mass is 10.2. The van der Waals surface area contributed by atoms with E-state index >= 15 is 0 Å². The van der Waals surface area contributed by atoms with Gasteiger partial charge in [0.25, 0.3) is 0 Å². The lowest BCUT2D eigenvalue weighted by Crippen LogP contribution is -2.35. The first kappa shape index (κ1) is 14.9. The van der Waals surface area contributed by atoms with Crippen molar-refractivity contribution >= 4 is 33.1 Å². The lowest BCUT2D eigenvalue weighted by Gasteiger charge is -2.19. The lowest BCUT2D eigenvalue weighted by molar-refractivity contribution is 0.449. The second-order valence-corrected chi connectivity index (χ2v) is 5.75. The molecule has 0 bridgehead atoms. The maximum absolute atomic E-state index is 12.0. The highest BCUT2D eigenvalue weighted by atomic mass is 32.2. The van der Waals surface area contributed by atoms with Gasteiger partial charge >= 0.3 is 10.2 Å². The SMILES string of the molecule is CCN(CC)S(=O)(=O)Nc1cccc(C(N)=S)c1. The summed E-state index contributed by atoms with van der Waals surface area (Å²) >= 11 is 4.85. The molecule has 3 N–H and O–H groups in total. The summed E-state index contributed by atoms with van der Waals surface area (Å²) in [5, 5.41) is 0. The smallest absolute Gasteiger partial charge is 0.301 e. The third-order valence-corrected chi connectivity index (χ3v) is 4.36. The minimum Gasteiger partial charge on any atom is -0.389 e. The molecule has 0 spiro atoms. The quantitative estimate of drug-likeness (QED) is 0.774. The summed E-state index contributed by atoms with van der Waals surface area (Å²) in [5.74, 6) is 0. The Morgan fingerprint density at radius 2 is 2.00 bits per heavy atom. The number of rotatable bonds is 6. The molecular weight excluding hydrogens is 270 g/mol. The van der Waals surface area contributed by atoms with Crippen LogP contribution in [0.25, 0.3) is 0 Å². The minimum atomic E-state index is -3.52. The van der Waals surface area contributed by atoms with Crippen LogP contribution in [0.15, 0.2) is 24.3 Å². The number of hydrogen-bond donors (Lipinski definition) is 2. The van der Waals surface area contributed by atoms with Gasteiger partial charge in [-0.3, -0.25) is 4.72 Å². The molecule has 0 unspecified atom stereocenters. The Morgan fingerprint density at radius 1 is 1.39 bits per heavy atom. The van der Waals surface area contributed by atoms with Crippen molar-refractivity contribution in [1.29, 1.82) is 0 Å². The summed E-state index contributed by atoms with van der Waals surface area (Å²) in [4.78, 5) is 0.235. The zero-order valence-corrected chi connectivity index (χ0v) is 12.0. The minimum absolute atomic E-state index is 0.235. The molecule has 1 aromatic rings. The van der Waals surface area contributed by atoms with Crippen LogP contribution in [0.5, 0.6) is 0 Å². The summed E-state index contributed by atoms with van der Waals surface area (Å²) in [6, 6.07) is 6.71. The number of benzene rings is 1. The Morgan fingerprint density at radius 3 is 2.50 bits per heavy atom. The molecule has 0 radical (unpaired) electrons. The van der Waals surface area contributed by atoms with Gasteiger partial charge in [0, 0.05) is 18.7 Å². The molecule has 0 aliphatic carbocycles. The van der Waals surface area contributed by atoms with Gasteiger partial charge in [0.1, 0.15) is 4.99 Å². The van der Waals surface area contributed by atoms with Crippen molar-refractivity contribution in [3.05, 3.63) is 29.8 Å². The maximum Gasteiger partial charge on any atom is 0.301 e. The Balaban J connectivity index is 2.97. The van der Waals surface area contributed by atoms with Crippen LogP contribution in [0.4, 0.5) is 5.69 Å². The molecule has 5 nitrogen and oxygen atoms in total. The first-order valence-corrected chi connectivity index (χ1v) is 7.43. The van der Waals surface area contributed by atoms with E-state index in [2.05, 4.69) is 4.72 Å². The van der Waals surface area contributed by atoms with Crippen molar-refractivity contribution in [3.63, 3.8) is 0 Å². The number of anilines is 1. The van der Waals surface area contributed by atoms with Crippen LogP contribution in [-0.2, 0) is 10.2 Å². The molecule has 100 valence electrons. The van der Waals surface area contributed by atoms with Gasteiger partial charge in [-0.25, -0.2) is 0 Å². The van der Waals surface area contributed by atoms with Crippen LogP contribution in [0.3, 0.4) is 0 Å². The Bertz CT molecular complexity index is 525. The average molecular weight is 287 g/mol. The van der Waals surface area contributed by atoms with Crippen LogP contribution >= 0.6 is 12.2 Å². The number of nitrogens with zero attached hydrogens (tertiary/aromatic N) is 1. The topological polar surface area (TPSA) is 75.4 Å². The van der Waals surface area contributed by atoms with E-state index in [1.165, 1.54) is 4.31 Å². The highest BCUT2D eigenvalue weighted by molar-refractivity contribution is 7.90. The highest BCUT2D eigenvalue weighted by Crippen LogP contribution is 2.14. The summed E-state index contributed by atoms with van der Waals surface area (Å²) in [6.07, 6.45) is 0. The van der Waals surface area contributed by atoms with E-state index in [-0.39, 0.29) is 4.99 Å². The monoisotopic (exact) mass is 287 g/mol. The van der Waals surface area contributed by atoms with Crippen molar-refractivity contribution in [2.45, 2.75) is 13.8 Å². The molecular formula is C11H17N3O2S2. The zero-order valence-electron chi connectivity index (χ0n) is 10.4. The molecule has 0 fully saturated rings. The fraction of sp³-hybridized carbons (Fsp3) is 0.364. The standard InChI is InChI=1S/C11H17N3O2S2/c1-3-14(4-2)18(15,16)13-10-7-5-6-9(8-10)11(12)17/h5-8,13H,3-4H2,1-2H3,(H2,12,17). The normalized spacial score (nSPS) is 11.5. The molecule has 0 heterocycles. The molecule has 0 aliphatic heterocycles. The van der Waals surface area contributed by atoms with Crippen molar-refractivity contribution in [1.82, 2.24) is 4.31 Å². The molecule has 0 aromatic heterocycles. The number of thiocarbonyl (C=S) groups is 1. The first-order chi connectivity index (χ1) is 8.40. The Hall–Kier alpha value is -1.18. The fourth-order valence-electron chi connectivity index (χ4n) is 1.51. The number of hydrogen-bond acceptors (Lipinski definition) is 3. The van der Waals surface area contributed by atoms with E-state index in [1.807, 2.05) is 0 Å². The predicted molar refractivity (Wildman–Crippen MR) is 77.8 cm³/mol. The highest BCUT2D eigenvalue weighted by Gasteiger charge is 2.18. The van der Waals surface area contributed by atoms with E-state index in [0.29, 0.717) is 24.3 Å². The summed E-state index contributed by atoms with van der Waals surface area (Å²) in [6.45, 7) is 4.41. The van der Waals surface area contributed by atoms with Gasteiger partial charge in [-0.1, -0.05) is 38.2 Å². The summed E-state index contributed by atoms with van der Waals surface area (Å²) in [7, 11) is -3.52. The second-order valence-electron chi connectivity index (χ2n) is 3.64. The van der Waals surface area contributed by atoms with Crippen molar-refractivity contribution in [2.75, 3.05) is 17.8 Å². The van der Waals surface area contributed by atoms with E-state index in [9.17, 15) is 8.42 Å². The second kappa shape index (κ2) is 6.12. The van der Waals surface area contributed by atoms with Gasteiger partial charge in [-0.2, -0.15) is 12.7 Å². The summed E-state index contributed by atoms with van der Waals surface area (Å²) < 4.78 is 27.8. The Kier molecular flexibility index (Phi) is 5.06. The molecule has 1 rings (SSSR count). The van der Waals surface area contributed by atoms with Gasteiger partial charge in [-0.05, 0) is 12.1 Å². The van der Waals surface area contributed by atoms with Crippen LogP contribution in [0, 0.1) is 0 Å². The fourth-order valence-corrected chi connectivity index (χ4v) is 2.87. The van der Waals surface area contributed by atoms with Crippen LogP contribution in [0.2, 0.25) is 0 Å². The van der Waals surface area contributed by atoms with Gasteiger partial charge in [0.15, 0.2) is 0 Å². The zero-order chi connectivity index (χ0) is 13.8. The molecule has 0 aliphatic rings. The van der Waals surface area contributed by atoms with E-state index in [0.717, 1.165) is 0 Å². The summed E-state index contributed by atoms with van der Waals surface area (Å²) in [5.41, 5.74) is 6.58.